The number of amides is 2. The van der Waals surface area contributed by atoms with Crippen molar-refractivity contribution in [2.24, 2.45) is 0 Å². The number of hydrogen-bond acceptors (Lipinski definition) is 5. The van der Waals surface area contributed by atoms with E-state index in [0.717, 1.165) is 11.3 Å². The summed E-state index contributed by atoms with van der Waals surface area (Å²) in [5.74, 6) is 0.674. The highest BCUT2D eigenvalue weighted by atomic mass is 16.5. The van der Waals surface area contributed by atoms with Gasteiger partial charge in [-0.3, -0.25) is 4.79 Å². The van der Waals surface area contributed by atoms with Gasteiger partial charge in [0.2, 0.25) is 0 Å². The van der Waals surface area contributed by atoms with E-state index in [-0.39, 0.29) is 11.6 Å². The number of rotatable bonds is 5. The molecule has 2 amide bonds. The van der Waals surface area contributed by atoms with E-state index in [1.165, 1.54) is 4.68 Å². The quantitative estimate of drug-likeness (QED) is 0.875. The highest BCUT2D eigenvalue weighted by Crippen LogP contribution is 2.19. The van der Waals surface area contributed by atoms with Gasteiger partial charge in [0, 0.05) is 50.0 Å². The number of urea groups is 1. The van der Waals surface area contributed by atoms with E-state index >= 15 is 0 Å². The van der Waals surface area contributed by atoms with Crippen LogP contribution in [0.3, 0.4) is 0 Å². The molecule has 26 heavy (non-hydrogen) atoms. The molecule has 0 unspecified atom stereocenters. The van der Waals surface area contributed by atoms with Gasteiger partial charge in [-0.1, -0.05) is 6.07 Å². The van der Waals surface area contributed by atoms with Crippen molar-refractivity contribution in [1.82, 2.24) is 14.7 Å². The molecule has 138 valence electrons. The first-order valence-corrected chi connectivity index (χ1v) is 8.39. The summed E-state index contributed by atoms with van der Waals surface area (Å²) in [6.45, 7) is 1.75. The number of fused-ring (bicyclic) bond motifs is 1. The fourth-order valence-electron chi connectivity index (χ4n) is 2.85. The molecule has 0 aliphatic carbocycles. The number of carbonyl (C=O) groups excluding carboxylic acids is 1. The average Bonchev–Trinajstić information content (AvgIpc) is 2.66. The van der Waals surface area contributed by atoms with Crippen molar-refractivity contribution in [3.63, 3.8) is 0 Å². The van der Waals surface area contributed by atoms with Crippen molar-refractivity contribution in [3.8, 4) is 5.75 Å². The van der Waals surface area contributed by atoms with Gasteiger partial charge < -0.3 is 19.7 Å². The van der Waals surface area contributed by atoms with Crippen LogP contribution in [0, 0.1) is 0 Å². The lowest BCUT2D eigenvalue weighted by atomic mass is 10.1. The molecule has 0 spiro atoms. The number of nitrogens with zero attached hydrogens (tertiary/aromatic N) is 3. The molecule has 3 rings (SSSR count). The van der Waals surface area contributed by atoms with Crippen molar-refractivity contribution in [2.75, 3.05) is 32.7 Å². The summed E-state index contributed by atoms with van der Waals surface area (Å²) >= 11 is 0. The van der Waals surface area contributed by atoms with Crippen molar-refractivity contribution >= 4 is 11.7 Å². The summed E-state index contributed by atoms with van der Waals surface area (Å²) in [7, 11) is 3.16. The molecule has 2 heterocycles. The number of anilines is 1. The number of ether oxygens (including phenoxy) is 2. The standard InChI is InChI=1S/C18H22N4O4/c1-25-9-8-22-17(23)10-13-12-21(7-6-16(13)20-22)18(24)19-14-4-3-5-15(11-14)26-2/h3-5,10-11H,6-9,12H2,1-2H3,(H,19,24). The Balaban J connectivity index is 1.70. The van der Waals surface area contributed by atoms with Crippen molar-refractivity contribution < 1.29 is 14.3 Å². The fraction of sp³-hybridized carbons (Fsp3) is 0.389. The number of methoxy groups -OCH3 is 2. The second-order valence-corrected chi connectivity index (χ2v) is 6.00. The molecular weight excluding hydrogens is 336 g/mol. The molecule has 1 N–H and O–H groups in total. The van der Waals surface area contributed by atoms with Crippen LogP contribution in [0.5, 0.6) is 5.75 Å². The Hall–Kier alpha value is -2.87. The summed E-state index contributed by atoms with van der Waals surface area (Å²) in [5.41, 5.74) is 2.12. The smallest absolute Gasteiger partial charge is 0.322 e. The molecular formula is C18H22N4O4. The van der Waals surface area contributed by atoms with Gasteiger partial charge in [-0.2, -0.15) is 5.10 Å². The first-order chi connectivity index (χ1) is 12.6. The predicted octanol–water partition coefficient (Wildman–Crippen LogP) is 1.49. The monoisotopic (exact) mass is 358 g/mol. The highest BCUT2D eigenvalue weighted by Gasteiger charge is 2.23. The normalized spacial score (nSPS) is 13.2. The molecule has 0 fully saturated rings. The molecule has 1 aliphatic heterocycles. The van der Waals surface area contributed by atoms with E-state index in [4.69, 9.17) is 9.47 Å². The zero-order valence-electron chi connectivity index (χ0n) is 14.9. The van der Waals surface area contributed by atoms with Crippen LogP contribution < -0.4 is 15.6 Å². The van der Waals surface area contributed by atoms with E-state index in [0.29, 0.717) is 44.1 Å². The van der Waals surface area contributed by atoms with Crippen LogP contribution in [-0.2, 0) is 24.2 Å². The maximum atomic E-state index is 12.5. The van der Waals surface area contributed by atoms with E-state index in [1.807, 2.05) is 12.1 Å². The molecule has 1 aromatic carbocycles. The Bertz CT molecular complexity index is 849. The zero-order chi connectivity index (χ0) is 18.5. The summed E-state index contributed by atoms with van der Waals surface area (Å²) in [6.07, 6.45) is 0.605. The average molecular weight is 358 g/mol. The van der Waals surface area contributed by atoms with Gasteiger partial charge in [-0.05, 0) is 12.1 Å². The first kappa shape index (κ1) is 17.9. The van der Waals surface area contributed by atoms with Crippen LogP contribution >= 0.6 is 0 Å². The first-order valence-electron chi connectivity index (χ1n) is 8.39. The van der Waals surface area contributed by atoms with Gasteiger partial charge in [-0.25, -0.2) is 9.48 Å². The lowest BCUT2D eigenvalue weighted by Crippen LogP contribution is -2.40. The highest BCUT2D eigenvalue weighted by molar-refractivity contribution is 5.89. The fourth-order valence-corrected chi connectivity index (χ4v) is 2.85. The van der Waals surface area contributed by atoms with E-state index in [2.05, 4.69) is 10.4 Å². The SMILES string of the molecule is COCCn1nc2c(cc1=O)CN(C(=O)Nc1cccc(OC)c1)CC2. The molecule has 0 radical (unpaired) electrons. The third-order valence-electron chi connectivity index (χ3n) is 4.26. The topological polar surface area (TPSA) is 85.7 Å². The molecule has 8 nitrogen and oxygen atoms in total. The van der Waals surface area contributed by atoms with Crippen molar-refractivity contribution in [3.05, 3.63) is 51.9 Å². The largest absolute Gasteiger partial charge is 0.497 e. The van der Waals surface area contributed by atoms with Crippen LogP contribution in [0.1, 0.15) is 11.3 Å². The summed E-state index contributed by atoms with van der Waals surface area (Å²) in [5, 5.41) is 7.26. The Labute approximate surface area is 151 Å². The van der Waals surface area contributed by atoms with Crippen LogP contribution in [-0.4, -0.2) is 48.1 Å². The molecule has 0 bridgehead atoms. The summed E-state index contributed by atoms with van der Waals surface area (Å²) < 4.78 is 11.6. The molecule has 1 aromatic heterocycles. The van der Waals surface area contributed by atoms with Gasteiger partial charge in [0.1, 0.15) is 5.75 Å². The van der Waals surface area contributed by atoms with Crippen molar-refractivity contribution in [2.45, 2.75) is 19.5 Å². The summed E-state index contributed by atoms with van der Waals surface area (Å²) in [6, 6.07) is 8.52. The van der Waals surface area contributed by atoms with Crippen LogP contribution in [0.15, 0.2) is 35.1 Å². The third-order valence-corrected chi connectivity index (χ3v) is 4.26. The molecule has 0 saturated carbocycles. The minimum atomic E-state index is -0.215. The number of hydrogen-bond donors (Lipinski definition) is 1. The van der Waals surface area contributed by atoms with Crippen LogP contribution in [0.2, 0.25) is 0 Å². The van der Waals surface area contributed by atoms with Gasteiger partial charge in [0.05, 0.1) is 26.0 Å². The lowest BCUT2D eigenvalue weighted by molar-refractivity contribution is 0.180. The lowest BCUT2D eigenvalue weighted by Gasteiger charge is -2.28. The molecule has 2 aromatic rings. The maximum absolute atomic E-state index is 12.5. The molecule has 0 saturated heterocycles. The minimum Gasteiger partial charge on any atom is -0.497 e. The number of nitrogens with one attached hydrogen (secondary N) is 1. The molecule has 0 atom stereocenters. The van der Waals surface area contributed by atoms with Crippen LogP contribution in [0.4, 0.5) is 10.5 Å². The zero-order valence-corrected chi connectivity index (χ0v) is 14.9. The molecule has 8 heteroatoms. The number of benzene rings is 1. The molecule has 1 aliphatic rings. The Morgan fingerprint density at radius 1 is 1.31 bits per heavy atom. The van der Waals surface area contributed by atoms with Gasteiger partial charge >= 0.3 is 6.03 Å². The number of carbonyl (C=O) groups is 1. The second-order valence-electron chi connectivity index (χ2n) is 6.00. The van der Waals surface area contributed by atoms with E-state index in [1.54, 1.807) is 37.3 Å². The van der Waals surface area contributed by atoms with Crippen LogP contribution in [0.25, 0.3) is 0 Å². The van der Waals surface area contributed by atoms with Gasteiger partial charge in [0.15, 0.2) is 0 Å². The Morgan fingerprint density at radius 2 is 2.15 bits per heavy atom. The maximum Gasteiger partial charge on any atom is 0.322 e. The van der Waals surface area contributed by atoms with Gasteiger partial charge in [0.25, 0.3) is 5.56 Å². The Morgan fingerprint density at radius 3 is 2.92 bits per heavy atom. The predicted molar refractivity (Wildman–Crippen MR) is 96.5 cm³/mol. The third kappa shape index (κ3) is 4.02. The Kier molecular flexibility index (Phi) is 5.52. The number of aromatic nitrogens is 2. The van der Waals surface area contributed by atoms with E-state index < -0.39 is 0 Å². The minimum absolute atomic E-state index is 0.184. The second kappa shape index (κ2) is 8.01. The summed E-state index contributed by atoms with van der Waals surface area (Å²) in [4.78, 5) is 26.3. The van der Waals surface area contributed by atoms with Crippen molar-refractivity contribution in [1.29, 1.82) is 0 Å². The van der Waals surface area contributed by atoms with Gasteiger partial charge in [-0.15, -0.1) is 0 Å². The van der Waals surface area contributed by atoms with E-state index in [9.17, 15) is 9.59 Å².